The van der Waals surface area contributed by atoms with Crippen LogP contribution in [0.2, 0.25) is 0 Å². The summed E-state index contributed by atoms with van der Waals surface area (Å²) in [5.41, 5.74) is 1.44. The fraction of sp³-hybridized carbons (Fsp3) is 0.684. The van der Waals surface area contributed by atoms with Crippen molar-refractivity contribution >= 4 is 0 Å². The molecule has 1 aromatic rings. The van der Waals surface area contributed by atoms with E-state index >= 15 is 0 Å². The van der Waals surface area contributed by atoms with Gasteiger partial charge in [-0.25, -0.2) is 0 Å². The number of likely N-dealkylation sites (tertiary alicyclic amines) is 1. The van der Waals surface area contributed by atoms with E-state index < -0.39 is 0 Å². The van der Waals surface area contributed by atoms with Crippen molar-refractivity contribution in [2.45, 2.75) is 52.0 Å². The molecular weight excluding hydrogens is 256 g/mol. The molecule has 0 amide bonds. The smallest absolute Gasteiger partial charge is 0.0320 e. The fourth-order valence-electron chi connectivity index (χ4n) is 3.23. The van der Waals surface area contributed by atoms with Crippen molar-refractivity contribution in [1.82, 2.24) is 10.2 Å². The van der Waals surface area contributed by atoms with Crippen LogP contribution in [0.3, 0.4) is 0 Å². The van der Waals surface area contributed by atoms with Gasteiger partial charge in [0, 0.05) is 6.04 Å². The van der Waals surface area contributed by atoms with E-state index in [1.54, 1.807) is 0 Å². The number of hydrogen-bond donors (Lipinski definition) is 1. The average Bonchev–Trinajstić information content (AvgIpc) is 2.53. The van der Waals surface area contributed by atoms with Crippen molar-refractivity contribution in [2.75, 3.05) is 26.2 Å². The topological polar surface area (TPSA) is 15.3 Å². The zero-order valence-electron chi connectivity index (χ0n) is 13.9. The molecule has 0 radical (unpaired) electrons. The molecular formula is C19H32N2. The first-order chi connectivity index (χ1) is 10.3. The predicted molar refractivity (Wildman–Crippen MR) is 91.5 cm³/mol. The Balaban J connectivity index is 1.68. The standard InChI is InChI=1S/C19H32N2/c1-3-8-19(18-9-5-4-6-10-18)20-13-7-14-21-15-11-17(2)12-16-21/h4-6,9-10,17,19-20H,3,7-8,11-16H2,1-2H3. The van der Waals surface area contributed by atoms with Crippen LogP contribution in [0.15, 0.2) is 30.3 Å². The van der Waals surface area contributed by atoms with Gasteiger partial charge in [0.15, 0.2) is 0 Å². The lowest BCUT2D eigenvalue weighted by Gasteiger charge is -2.30. The summed E-state index contributed by atoms with van der Waals surface area (Å²) in [6.45, 7) is 9.65. The van der Waals surface area contributed by atoms with Crippen molar-refractivity contribution < 1.29 is 0 Å². The first-order valence-corrected chi connectivity index (χ1v) is 8.80. The summed E-state index contributed by atoms with van der Waals surface area (Å²) in [4.78, 5) is 2.64. The molecule has 21 heavy (non-hydrogen) atoms. The highest BCUT2D eigenvalue weighted by molar-refractivity contribution is 5.18. The van der Waals surface area contributed by atoms with E-state index in [0.717, 1.165) is 12.5 Å². The average molecular weight is 288 g/mol. The summed E-state index contributed by atoms with van der Waals surface area (Å²) < 4.78 is 0. The van der Waals surface area contributed by atoms with Gasteiger partial charge in [-0.15, -0.1) is 0 Å². The van der Waals surface area contributed by atoms with Gasteiger partial charge < -0.3 is 10.2 Å². The molecule has 1 aromatic carbocycles. The summed E-state index contributed by atoms with van der Waals surface area (Å²) in [7, 11) is 0. The third kappa shape index (κ3) is 5.80. The normalized spacial score (nSPS) is 18.8. The minimum atomic E-state index is 0.526. The Hall–Kier alpha value is -0.860. The van der Waals surface area contributed by atoms with E-state index in [1.807, 2.05) is 0 Å². The van der Waals surface area contributed by atoms with Crippen molar-refractivity contribution in [1.29, 1.82) is 0 Å². The van der Waals surface area contributed by atoms with Gasteiger partial charge in [0.1, 0.15) is 0 Å². The van der Waals surface area contributed by atoms with E-state index in [4.69, 9.17) is 0 Å². The zero-order chi connectivity index (χ0) is 14.9. The summed E-state index contributed by atoms with van der Waals surface area (Å²) >= 11 is 0. The molecule has 2 nitrogen and oxygen atoms in total. The molecule has 0 saturated carbocycles. The van der Waals surface area contributed by atoms with Gasteiger partial charge in [0.25, 0.3) is 0 Å². The number of hydrogen-bond acceptors (Lipinski definition) is 2. The van der Waals surface area contributed by atoms with Crippen LogP contribution in [0.1, 0.15) is 57.6 Å². The van der Waals surface area contributed by atoms with Crippen molar-refractivity contribution in [3.8, 4) is 0 Å². The highest BCUT2D eigenvalue weighted by Crippen LogP contribution is 2.18. The predicted octanol–water partition coefficient (Wildman–Crippen LogP) is 4.24. The lowest BCUT2D eigenvalue weighted by atomic mass is 9.99. The number of piperidine rings is 1. The van der Waals surface area contributed by atoms with Gasteiger partial charge in [-0.2, -0.15) is 0 Å². The maximum atomic E-state index is 3.76. The minimum Gasteiger partial charge on any atom is -0.310 e. The van der Waals surface area contributed by atoms with Crippen LogP contribution in [0.25, 0.3) is 0 Å². The van der Waals surface area contributed by atoms with Crippen LogP contribution < -0.4 is 5.32 Å². The van der Waals surface area contributed by atoms with E-state index in [0.29, 0.717) is 6.04 Å². The Kier molecular flexibility index (Phi) is 7.25. The van der Waals surface area contributed by atoms with Crippen LogP contribution in [0.5, 0.6) is 0 Å². The molecule has 118 valence electrons. The lowest BCUT2D eigenvalue weighted by molar-refractivity contribution is 0.189. The molecule has 1 saturated heterocycles. The Morgan fingerprint density at radius 1 is 1.19 bits per heavy atom. The highest BCUT2D eigenvalue weighted by Gasteiger charge is 2.15. The van der Waals surface area contributed by atoms with Crippen LogP contribution in [-0.2, 0) is 0 Å². The number of rotatable bonds is 8. The van der Waals surface area contributed by atoms with Crippen LogP contribution in [-0.4, -0.2) is 31.1 Å². The zero-order valence-corrected chi connectivity index (χ0v) is 13.9. The molecule has 1 aliphatic heterocycles. The molecule has 1 aliphatic rings. The third-order valence-electron chi connectivity index (χ3n) is 4.70. The molecule has 0 aliphatic carbocycles. The van der Waals surface area contributed by atoms with Crippen LogP contribution in [0.4, 0.5) is 0 Å². The van der Waals surface area contributed by atoms with Crippen molar-refractivity contribution in [3.63, 3.8) is 0 Å². The van der Waals surface area contributed by atoms with Gasteiger partial charge in [0.05, 0.1) is 0 Å². The molecule has 1 atom stereocenters. The Bertz CT molecular complexity index is 368. The summed E-state index contributed by atoms with van der Waals surface area (Å²) in [5, 5.41) is 3.76. The van der Waals surface area contributed by atoms with Gasteiger partial charge in [0.2, 0.25) is 0 Å². The summed E-state index contributed by atoms with van der Waals surface area (Å²) in [5.74, 6) is 0.936. The van der Waals surface area contributed by atoms with E-state index in [2.05, 4.69) is 54.4 Å². The van der Waals surface area contributed by atoms with Crippen molar-refractivity contribution in [2.24, 2.45) is 5.92 Å². The van der Waals surface area contributed by atoms with E-state index in [9.17, 15) is 0 Å². The molecule has 0 bridgehead atoms. The minimum absolute atomic E-state index is 0.526. The first-order valence-electron chi connectivity index (χ1n) is 8.80. The largest absolute Gasteiger partial charge is 0.310 e. The molecule has 1 N–H and O–H groups in total. The fourth-order valence-corrected chi connectivity index (χ4v) is 3.23. The first kappa shape index (κ1) is 16.5. The van der Waals surface area contributed by atoms with Gasteiger partial charge in [-0.05, 0) is 63.3 Å². The number of benzene rings is 1. The molecule has 1 fully saturated rings. The van der Waals surface area contributed by atoms with Crippen LogP contribution in [0, 0.1) is 5.92 Å². The summed E-state index contributed by atoms with van der Waals surface area (Å²) in [6, 6.07) is 11.4. The second kappa shape index (κ2) is 9.22. The molecule has 0 aromatic heterocycles. The Labute approximate surface area is 130 Å². The monoisotopic (exact) mass is 288 g/mol. The third-order valence-corrected chi connectivity index (χ3v) is 4.70. The lowest BCUT2D eigenvalue weighted by Crippen LogP contribution is -2.35. The molecule has 2 rings (SSSR count). The second-order valence-electron chi connectivity index (χ2n) is 6.58. The quantitative estimate of drug-likeness (QED) is 0.720. The van der Waals surface area contributed by atoms with Gasteiger partial charge >= 0.3 is 0 Å². The second-order valence-corrected chi connectivity index (χ2v) is 6.58. The number of nitrogens with one attached hydrogen (secondary N) is 1. The summed E-state index contributed by atoms with van der Waals surface area (Å²) in [6.07, 6.45) is 6.50. The highest BCUT2D eigenvalue weighted by atomic mass is 15.1. The molecule has 2 heteroatoms. The van der Waals surface area contributed by atoms with Crippen LogP contribution >= 0.6 is 0 Å². The maximum absolute atomic E-state index is 3.76. The molecule has 1 heterocycles. The van der Waals surface area contributed by atoms with E-state index in [-0.39, 0.29) is 0 Å². The maximum Gasteiger partial charge on any atom is 0.0320 e. The SMILES string of the molecule is CCCC(NCCCN1CCC(C)CC1)c1ccccc1. The Morgan fingerprint density at radius 3 is 2.57 bits per heavy atom. The number of nitrogens with zero attached hydrogens (tertiary/aromatic N) is 1. The van der Waals surface area contributed by atoms with E-state index in [1.165, 1.54) is 57.3 Å². The molecule has 1 unspecified atom stereocenters. The molecule has 0 spiro atoms. The Morgan fingerprint density at radius 2 is 1.90 bits per heavy atom. The van der Waals surface area contributed by atoms with Gasteiger partial charge in [-0.3, -0.25) is 0 Å². The van der Waals surface area contributed by atoms with Gasteiger partial charge in [-0.1, -0.05) is 50.6 Å². The van der Waals surface area contributed by atoms with Crippen molar-refractivity contribution in [3.05, 3.63) is 35.9 Å².